The highest BCUT2D eigenvalue weighted by molar-refractivity contribution is 9.10. The van der Waals surface area contributed by atoms with Gasteiger partial charge in [-0.3, -0.25) is 0 Å². The molecular weight excluding hydrogens is 363 g/mol. The van der Waals surface area contributed by atoms with Crippen molar-refractivity contribution < 1.29 is 4.39 Å². The van der Waals surface area contributed by atoms with Gasteiger partial charge in [0.25, 0.3) is 5.95 Å². The zero-order valence-corrected chi connectivity index (χ0v) is 12.7. The van der Waals surface area contributed by atoms with Crippen molar-refractivity contribution in [1.29, 1.82) is 0 Å². The second kappa shape index (κ2) is 5.74. The molecule has 0 amide bonds. The van der Waals surface area contributed by atoms with Gasteiger partial charge in [-0.05, 0) is 45.7 Å². The number of hydrogen-bond donors (Lipinski definition) is 1. The van der Waals surface area contributed by atoms with E-state index in [0.717, 1.165) is 0 Å². The van der Waals surface area contributed by atoms with Crippen LogP contribution in [0.1, 0.15) is 0 Å². The standard InChI is InChI=1S/C12H7BrClFN6/c13-7-3-1-4-8(15)9(7)17-11-18-10(14)19-12(20-11)21-6-2-5-16-21/h1-6H,(H,17,18,19,20). The van der Waals surface area contributed by atoms with Crippen molar-refractivity contribution in [2.75, 3.05) is 5.32 Å². The molecule has 106 valence electrons. The predicted molar refractivity (Wildman–Crippen MR) is 79.3 cm³/mol. The molecule has 0 saturated carbocycles. The van der Waals surface area contributed by atoms with E-state index in [1.807, 2.05) is 0 Å². The first-order chi connectivity index (χ1) is 10.1. The van der Waals surface area contributed by atoms with Gasteiger partial charge in [-0.15, -0.1) is 0 Å². The fourth-order valence-electron chi connectivity index (χ4n) is 1.61. The van der Waals surface area contributed by atoms with Crippen molar-refractivity contribution in [2.45, 2.75) is 0 Å². The summed E-state index contributed by atoms with van der Waals surface area (Å²) in [5.41, 5.74) is 0.214. The second-order valence-corrected chi connectivity index (χ2v) is 5.09. The summed E-state index contributed by atoms with van der Waals surface area (Å²) >= 11 is 9.12. The Labute approximate surface area is 132 Å². The first kappa shape index (κ1) is 13.9. The fraction of sp³-hybridized carbons (Fsp3) is 0. The van der Waals surface area contributed by atoms with Crippen LogP contribution in [0.2, 0.25) is 5.28 Å². The van der Waals surface area contributed by atoms with Gasteiger partial charge in [-0.2, -0.15) is 20.1 Å². The van der Waals surface area contributed by atoms with E-state index in [9.17, 15) is 4.39 Å². The smallest absolute Gasteiger partial charge is 0.256 e. The van der Waals surface area contributed by atoms with E-state index in [0.29, 0.717) is 4.47 Å². The summed E-state index contributed by atoms with van der Waals surface area (Å²) in [6, 6.07) is 6.32. The lowest BCUT2D eigenvalue weighted by molar-refractivity contribution is 0.630. The van der Waals surface area contributed by atoms with Crippen LogP contribution in [0.25, 0.3) is 5.95 Å². The zero-order valence-electron chi connectivity index (χ0n) is 10.3. The summed E-state index contributed by atoms with van der Waals surface area (Å²) in [6.07, 6.45) is 3.24. The Morgan fingerprint density at radius 1 is 1.19 bits per heavy atom. The van der Waals surface area contributed by atoms with Gasteiger partial charge in [0.1, 0.15) is 5.82 Å². The number of anilines is 2. The number of nitrogens with one attached hydrogen (secondary N) is 1. The SMILES string of the molecule is Fc1cccc(Br)c1Nc1nc(Cl)nc(-n2cccn2)n1. The molecule has 0 atom stereocenters. The van der Waals surface area contributed by atoms with E-state index in [1.165, 1.54) is 10.7 Å². The van der Waals surface area contributed by atoms with E-state index >= 15 is 0 Å². The molecule has 0 aliphatic carbocycles. The number of para-hydroxylation sites is 1. The third kappa shape index (κ3) is 3.01. The van der Waals surface area contributed by atoms with Gasteiger partial charge in [0.05, 0.1) is 5.69 Å². The van der Waals surface area contributed by atoms with Crippen molar-refractivity contribution >= 4 is 39.2 Å². The van der Waals surface area contributed by atoms with Crippen molar-refractivity contribution in [3.63, 3.8) is 0 Å². The van der Waals surface area contributed by atoms with E-state index in [2.05, 4.69) is 41.3 Å². The summed E-state index contributed by atoms with van der Waals surface area (Å²) in [5.74, 6) is -0.0946. The summed E-state index contributed by atoms with van der Waals surface area (Å²) in [5, 5.41) is 6.76. The minimum absolute atomic E-state index is 0.0227. The second-order valence-electron chi connectivity index (χ2n) is 3.90. The lowest BCUT2D eigenvalue weighted by Crippen LogP contribution is -2.07. The normalized spacial score (nSPS) is 10.6. The number of rotatable bonds is 3. The molecule has 0 aliphatic rings. The molecule has 0 spiro atoms. The van der Waals surface area contributed by atoms with Crippen molar-refractivity contribution in [3.8, 4) is 5.95 Å². The summed E-state index contributed by atoms with van der Waals surface area (Å²) in [7, 11) is 0. The van der Waals surface area contributed by atoms with Gasteiger partial charge >= 0.3 is 0 Å². The summed E-state index contributed by atoms with van der Waals surface area (Å²) < 4.78 is 15.8. The minimum Gasteiger partial charge on any atom is -0.321 e. The van der Waals surface area contributed by atoms with Crippen LogP contribution in [-0.4, -0.2) is 24.7 Å². The Morgan fingerprint density at radius 3 is 2.76 bits per heavy atom. The van der Waals surface area contributed by atoms with Gasteiger partial charge < -0.3 is 5.32 Å². The maximum absolute atomic E-state index is 13.8. The Kier molecular flexibility index (Phi) is 3.80. The van der Waals surface area contributed by atoms with Crippen LogP contribution in [0.4, 0.5) is 16.0 Å². The van der Waals surface area contributed by atoms with Gasteiger partial charge in [-0.1, -0.05) is 6.07 Å². The van der Waals surface area contributed by atoms with Crippen LogP contribution >= 0.6 is 27.5 Å². The maximum atomic E-state index is 13.8. The molecule has 2 aromatic heterocycles. The van der Waals surface area contributed by atoms with Crippen LogP contribution in [-0.2, 0) is 0 Å². The molecule has 9 heteroatoms. The third-order valence-electron chi connectivity index (χ3n) is 2.51. The topological polar surface area (TPSA) is 68.5 Å². The van der Waals surface area contributed by atoms with Crippen molar-refractivity contribution in [2.24, 2.45) is 0 Å². The predicted octanol–water partition coefficient (Wildman–Crippen LogP) is 3.36. The number of hydrogen-bond acceptors (Lipinski definition) is 5. The fourth-order valence-corrected chi connectivity index (χ4v) is 2.21. The van der Waals surface area contributed by atoms with Gasteiger partial charge in [0.2, 0.25) is 11.2 Å². The number of nitrogens with zero attached hydrogens (tertiary/aromatic N) is 5. The van der Waals surface area contributed by atoms with Crippen LogP contribution < -0.4 is 5.32 Å². The monoisotopic (exact) mass is 368 g/mol. The molecule has 0 fully saturated rings. The van der Waals surface area contributed by atoms with Crippen molar-refractivity contribution in [1.82, 2.24) is 24.7 Å². The van der Waals surface area contributed by atoms with E-state index in [1.54, 1.807) is 30.6 Å². The minimum atomic E-state index is -0.443. The molecule has 0 saturated heterocycles. The first-order valence-electron chi connectivity index (χ1n) is 5.76. The highest BCUT2D eigenvalue weighted by Crippen LogP contribution is 2.27. The molecule has 0 bridgehead atoms. The average Bonchev–Trinajstić information content (AvgIpc) is 2.97. The number of benzene rings is 1. The molecule has 3 aromatic rings. The van der Waals surface area contributed by atoms with E-state index in [-0.39, 0.29) is 22.9 Å². The highest BCUT2D eigenvalue weighted by atomic mass is 79.9. The molecule has 1 N–H and O–H groups in total. The molecular formula is C12H7BrClFN6. The average molecular weight is 370 g/mol. The quantitative estimate of drug-likeness (QED) is 0.767. The summed E-state index contributed by atoms with van der Waals surface area (Å²) in [4.78, 5) is 12.0. The van der Waals surface area contributed by atoms with Crippen LogP contribution in [0, 0.1) is 5.82 Å². The van der Waals surface area contributed by atoms with Crippen LogP contribution in [0.3, 0.4) is 0 Å². The molecule has 0 aliphatic heterocycles. The summed E-state index contributed by atoms with van der Waals surface area (Å²) in [6.45, 7) is 0. The Bertz CT molecular complexity index is 759. The van der Waals surface area contributed by atoms with E-state index in [4.69, 9.17) is 11.6 Å². The molecule has 2 heterocycles. The third-order valence-corrected chi connectivity index (χ3v) is 3.34. The van der Waals surface area contributed by atoms with Crippen LogP contribution in [0.5, 0.6) is 0 Å². The zero-order chi connectivity index (χ0) is 14.8. The molecule has 1 aromatic carbocycles. The van der Waals surface area contributed by atoms with Crippen molar-refractivity contribution in [3.05, 3.63) is 52.2 Å². The largest absolute Gasteiger partial charge is 0.321 e. The maximum Gasteiger partial charge on any atom is 0.256 e. The highest BCUT2D eigenvalue weighted by Gasteiger charge is 2.11. The molecule has 0 unspecified atom stereocenters. The van der Waals surface area contributed by atoms with Gasteiger partial charge in [-0.25, -0.2) is 9.07 Å². The van der Waals surface area contributed by atoms with Gasteiger partial charge in [0.15, 0.2) is 0 Å². The Morgan fingerprint density at radius 2 is 2.05 bits per heavy atom. The molecule has 0 radical (unpaired) electrons. The molecule has 6 nitrogen and oxygen atoms in total. The van der Waals surface area contributed by atoms with Gasteiger partial charge in [0, 0.05) is 16.9 Å². The first-order valence-corrected chi connectivity index (χ1v) is 6.93. The molecule has 3 rings (SSSR count). The Hall–Kier alpha value is -2.06. The molecule has 21 heavy (non-hydrogen) atoms. The number of aromatic nitrogens is 5. The lowest BCUT2D eigenvalue weighted by atomic mass is 10.3. The Balaban J connectivity index is 2.00. The number of halogens is 3. The lowest BCUT2D eigenvalue weighted by Gasteiger charge is -2.09. The van der Waals surface area contributed by atoms with E-state index < -0.39 is 5.82 Å². The van der Waals surface area contributed by atoms with Crippen LogP contribution in [0.15, 0.2) is 41.1 Å².